The highest BCUT2D eigenvalue weighted by atomic mass is 15.0. The fraction of sp³-hybridized carbons (Fsp3) is 0.708. The molecule has 3 rings (SSSR count). The molecule has 2 unspecified atom stereocenters. The maximum absolute atomic E-state index is 2.65. The van der Waals surface area contributed by atoms with Gasteiger partial charge in [0.1, 0.15) is 7.05 Å². The Balaban J connectivity index is 1.90. The van der Waals surface area contributed by atoms with E-state index in [1.165, 1.54) is 40.7 Å². The van der Waals surface area contributed by atoms with E-state index in [2.05, 4.69) is 67.0 Å². The van der Waals surface area contributed by atoms with E-state index in [9.17, 15) is 0 Å². The Kier molecular flexibility index (Phi) is 4.90. The van der Waals surface area contributed by atoms with Gasteiger partial charge in [-0.15, -0.1) is 0 Å². The van der Waals surface area contributed by atoms with Crippen molar-refractivity contribution < 1.29 is 4.58 Å². The molecule has 0 radical (unpaired) electrons. The highest BCUT2D eigenvalue weighted by Crippen LogP contribution is 2.52. The van der Waals surface area contributed by atoms with Gasteiger partial charge in [0.2, 0.25) is 0 Å². The van der Waals surface area contributed by atoms with Crippen LogP contribution in [0.15, 0.2) is 0 Å². The van der Waals surface area contributed by atoms with Gasteiger partial charge in [0, 0.05) is 19.3 Å². The minimum Gasteiger partial charge on any atom is -0.237 e. The van der Waals surface area contributed by atoms with Crippen LogP contribution in [-0.2, 0) is 6.42 Å². The van der Waals surface area contributed by atoms with Crippen molar-refractivity contribution in [3.8, 4) is 0 Å². The van der Waals surface area contributed by atoms with Gasteiger partial charge in [0.25, 0.3) is 0 Å². The van der Waals surface area contributed by atoms with Gasteiger partial charge in [-0.2, -0.15) is 0 Å². The first-order valence-corrected chi connectivity index (χ1v) is 10.3. The van der Waals surface area contributed by atoms with Gasteiger partial charge in [-0.05, 0) is 92.2 Å². The molecule has 2 aliphatic rings. The minimum absolute atomic E-state index is 0.768. The lowest BCUT2D eigenvalue weighted by Crippen LogP contribution is -2.38. The zero-order valence-corrected chi connectivity index (χ0v) is 18.0. The van der Waals surface area contributed by atoms with E-state index in [1.807, 2.05) is 0 Å². The molecule has 1 aromatic carbocycles. The molecular weight excluding hydrogens is 302 g/mol. The normalized spacial score (nSPS) is 32.3. The lowest BCUT2D eigenvalue weighted by atomic mass is 9.79. The van der Waals surface area contributed by atoms with Crippen LogP contribution in [0.4, 0.5) is 0 Å². The van der Waals surface area contributed by atoms with Crippen LogP contribution in [0.5, 0.6) is 0 Å². The highest BCUT2D eigenvalue weighted by Gasteiger charge is 2.52. The second-order valence-corrected chi connectivity index (χ2v) is 9.31. The Bertz CT molecular complexity index is 693. The number of hydrogen-bond donors (Lipinski definition) is 0. The summed E-state index contributed by atoms with van der Waals surface area (Å²) >= 11 is 0. The molecule has 1 aromatic rings. The summed E-state index contributed by atoms with van der Waals surface area (Å²) in [6, 6.07) is 0.768. The third-order valence-electron chi connectivity index (χ3n) is 8.55. The smallest absolute Gasteiger partial charge is 0.155 e. The fourth-order valence-electron chi connectivity index (χ4n) is 5.85. The molecule has 1 heteroatoms. The van der Waals surface area contributed by atoms with Crippen molar-refractivity contribution in [1.82, 2.24) is 0 Å². The Hall–Kier alpha value is -1.11. The first-order valence-electron chi connectivity index (χ1n) is 10.3. The zero-order chi connectivity index (χ0) is 18.6. The third-order valence-corrected chi connectivity index (χ3v) is 8.55. The van der Waals surface area contributed by atoms with Crippen LogP contribution in [-0.4, -0.2) is 23.4 Å². The van der Waals surface area contributed by atoms with Crippen LogP contribution in [0.1, 0.15) is 67.0 Å². The average Bonchev–Trinajstić information content (AvgIpc) is 3.14. The Morgan fingerprint density at radius 2 is 1.36 bits per heavy atom. The number of fused-ring (bicyclic) bond motifs is 2. The van der Waals surface area contributed by atoms with Crippen LogP contribution in [0, 0.1) is 58.3 Å². The largest absolute Gasteiger partial charge is 0.237 e. The van der Waals surface area contributed by atoms with Crippen LogP contribution in [0.2, 0.25) is 0 Å². The molecule has 5 atom stereocenters. The molecule has 2 aliphatic carbocycles. The SMILES string of the molecule is CC(Cc1c(C)c(C)c(C)c(C)c1C)=[N+](C)[C@@H]1CC2CC1[C@H](C)[C@@H]2C. The van der Waals surface area contributed by atoms with Crippen LogP contribution < -0.4 is 0 Å². The quantitative estimate of drug-likeness (QED) is 0.501. The monoisotopic (exact) mass is 340 g/mol. The first kappa shape index (κ1) is 18.7. The van der Waals surface area contributed by atoms with Crippen molar-refractivity contribution in [3.05, 3.63) is 33.4 Å². The van der Waals surface area contributed by atoms with E-state index in [4.69, 9.17) is 0 Å². The van der Waals surface area contributed by atoms with E-state index < -0.39 is 0 Å². The number of hydrogen-bond acceptors (Lipinski definition) is 0. The van der Waals surface area contributed by atoms with E-state index >= 15 is 0 Å². The standard InChI is InChI=1S/C24H38N/c1-13(10-22-18(6)15(3)14(2)16(4)19(22)7)25(9)24-12-21-11-23(24)20(8)17(21)5/h17,20-21,23-24H,10-12H2,1-9H3/q+1/t17-,20+,21?,23?,24+/m0/s1. The highest BCUT2D eigenvalue weighted by molar-refractivity contribution is 5.80. The van der Waals surface area contributed by atoms with Gasteiger partial charge in [-0.3, -0.25) is 0 Å². The summed E-state index contributed by atoms with van der Waals surface area (Å²) in [5.74, 6) is 3.70. The molecule has 1 nitrogen and oxygen atoms in total. The summed E-state index contributed by atoms with van der Waals surface area (Å²) in [7, 11) is 2.36. The molecule has 0 amide bonds. The van der Waals surface area contributed by atoms with E-state index in [0.717, 1.165) is 36.1 Å². The lowest BCUT2D eigenvalue weighted by molar-refractivity contribution is -0.550. The molecular formula is C24H38N+. The summed E-state index contributed by atoms with van der Waals surface area (Å²) in [6.07, 6.45) is 3.98. The molecule has 0 saturated heterocycles. The fourth-order valence-corrected chi connectivity index (χ4v) is 5.85. The molecule has 0 aromatic heterocycles. The molecule has 2 bridgehead atoms. The number of nitrogens with zero attached hydrogens (tertiary/aromatic N) is 1. The summed E-state index contributed by atoms with van der Waals surface area (Å²) in [5.41, 5.74) is 10.6. The predicted octanol–water partition coefficient (Wildman–Crippen LogP) is 5.56. The first-order chi connectivity index (χ1) is 11.6. The summed E-state index contributed by atoms with van der Waals surface area (Å²) in [6.45, 7) is 18.8. The minimum atomic E-state index is 0.768. The van der Waals surface area contributed by atoms with Crippen LogP contribution in [0.25, 0.3) is 0 Å². The van der Waals surface area contributed by atoms with Gasteiger partial charge in [0.15, 0.2) is 11.8 Å². The average molecular weight is 341 g/mol. The predicted molar refractivity (Wildman–Crippen MR) is 109 cm³/mol. The zero-order valence-electron chi connectivity index (χ0n) is 18.0. The van der Waals surface area contributed by atoms with Crippen LogP contribution in [0.3, 0.4) is 0 Å². The van der Waals surface area contributed by atoms with Gasteiger partial charge >= 0.3 is 0 Å². The maximum atomic E-state index is 2.65. The lowest BCUT2D eigenvalue weighted by Gasteiger charge is -2.29. The van der Waals surface area contributed by atoms with Crippen molar-refractivity contribution in [2.24, 2.45) is 23.7 Å². The molecule has 0 spiro atoms. The molecule has 0 N–H and O–H groups in total. The number of benzene rings is 1. The molecule has 0 aliphatic heterocycles. The van der Waals surface area contributed by atoms with Crippen molar-refractivity contribution in [2.45, 2.75) is 80.7 Å². The van der Waals surface area contributed by atoms with Gasteiger partial charge in [-0.25, -0.2) is 4.58 Å². The Morgan fingerprint density at radius 3 is 1.84 bits per heavy atom. The van der Waals surface area contributed by atoms with Crippen molar-refractivity contribution >= 4 is 5.71 Å². The van der Waals surface area contributed by atoms with Gasteiger partial charge < -0.3 is 0 Å². The van der Waals surface area contributed by atoms with Crippen molar-refractivity contribution in [3.63, 3.8) is 0 Å². The molecule has 25 heavy (non-hydrogen) atoms. The topological polar surface area (TPSA) is 3.01 Å². The molecule has 2 saturated carbocycles. The van der Waals surface area contributed by atoms with Gasteiger partial charge in [-0.1, -0.05) is 13.8 Å². The Morgan fingerprint density at radius 1 is 0.840 bits per heavy atom. The molecule has 2 fully saturated rings. The second-order valence-electron chi connectivity index (χ2n) is 9.31. The van der Waals surface area contributed by atoms with Crippen molar-refractivity contribution in [1.29, 1.82) is 0 Å². The van der Waals surface area contributed by atoms with E-state index in [0.29, 0.717) is 0 Å². The molecule has 138 valence electrons. The molecule has 0 heterocycles. The third kappa shape index (κ3) is 2.88. The number of rotatable bonds is 3. The van der Waals surface area contributed by atoms with Crippen LogP contribution >= 0.6 is 0 Å². The van der Waals surface area contributed by atoms with Crippen molar-refractivity contribution in [2.75, 3.05) is 7.05 Å². The van der Waals surface area contributed by atoms with Gasteiger partial charge in [0.05, 0.1) is 6.42 Å². The summed E-state index contributed by atoms with van der Waals surface area (Å²) < 4.78 is 2.65. The van der Waals surface area contributed by atoms with E-state index in [1.54, 1.807) is 11.3 Å². The Labute approximate surface area is 155 Å². The second kappa shape index (κ2) is 6.56. The summed E-state index contributed by atoms with van der Waals surface area (Å²) in [4.78, 5) is 0. The maximum Gasteiger partial charge on any atom is 0.155 e. The van der Waals surface area contributed by atoms with E-state index in [-0.39, 0.29) is 0 Å². The summed E-state index contributed by atoms with van der Waals surface area (Å²) in [5, 5.41) is 0.